The van der Waals surface area contributed by atoms with Crippen molar-refractivity contribution < 1.29 is 14.3 Å². The van der Waals surface area contributed by atoms with E-state index in [1.807, 2.05) is 6.92 Å². The molecule has 0 saturated carbocycles. The van der Waals surface area contributed by atoms with E-state index in [0.717, 1.165) is 0 Å². The van der Waals surface area contributed by atoms with Crippen LogP contribution in [0.5, 0.6) is 5.75 Å². The van der Waals surface area contributed by atoms with E-state index >= 15 is 0 Å². The van der Waals surface area contributed by atoms with E-state index in [-0.39, 0.29) is 22.5 Å². The third kappa shape index (κ3) is 3.15. The number of phenols is 1. The van der Waals surface area contributed by atoms with Crippen molar-refractivity contribution in [1.82, 2.24) is 0 Å². The lowest BCUT2D eigenvalue weighted by Gasteiger charge is -2.15. The molecule has 4 nitrogen and oxygen atoms in total. The number of hydrogen-bond donors (Lipinski definition) is 2. The number of hydrogen-bond acceptors (Lipinski definition) is 4. The van der Waals surface area contributed by atoms with Crippen molar-refractivity contribution in [2.24, 2.45) is 0 Å². The van der Waals surface area contributed by atoms with Crippen molar-refractivity contribution in [2.75, 3.05) is 12.4 Å². The number of aryl methyl sites for hydroxylation is 1. The molecular weight excluding hydrogens is 470 g/mol. The van der Waals surface area contributed by atoms with Gasteiger partial charge in [0.15, 0.2) is 5.78 Å². The highest BCUT2D eigenvalue weighted by Gasteiger charge is 2.26. The lowest BCUT2D eigenvalue weighted by Crippen LogP contribution is -2.35. The molecule has 0 atom stereocenters. The second kappa shape index (κ2) is 7.43. The van der Waals surface area contributed by atoms with Gasteiger partial charge in [0.1, 0.15) is 40.6 Å². The summed E-state index contributed by atoms with van der Waals surface area (Å²) in [4.78, 5) is 13.3. The Morgan fingerprint density at radius 1 is 1.15 bits per heavy atom. The molecular formula is C18H12B3Br2NO3. The van der Waals surface area contributed by atoms with Crippen LogP contribution >= 0.6 is 31.9 Å². The molecule has 2 aromatic carbocycles. The fourth-order valence-electron chi connectivity index (χ4n) is 3.05. The summed E-state index contributed by atoms with van der Waals surface area (Å²) >= 11 is 6.48. The highest BCUT2D eigenvalue weighted by molar-refractivity contribution is 9.11. The molecule has 0 aliphatic rings. The third-order valence-electron chi connectivity index (χ3n) is 4.40. The first-order valence-electron chi connectivity index (χ1n) is 8.05. The average molecular weight is 483 g/mol. The summed E-state index contributed by atoms with van der Waals surface area (Å²) in [5.41, 5.74) is 2.23. The molecule has 2 N–H and O–H groups in total. The van der Waals surface area contributed by atoms with Crippen LogP contribution < -0.4 is 21.7 Å². The molecule has 0 saturated heterocycles. The van der Waals surface area contributed by atoms with Crippen LogP contribution in [-0.4, -0.2) is 41.5 Å². The molecule has 1 aromatic heterocycles. The van der Waals surface area contributed by atoms with Gasteiger partial charge in [-0.3, -0.25) is 4.79 Å². The highest BCUT2D eigenvalue weighted by atomic mass is 79.9. The minimum atomic E-state index is -0.310. The zero-order valence-electron chi connectivity index (χ0n) is 14.6. The maximum atomic E-state index is 13.3. The van der Waals surface area contributed by atoms with E-state index in [4.69, 9.17) is 28.0 Å². The van der Waals surface area contributed by atoms with E-state index in [2.05, 4.69) is 37.2 Å². The number of phenolic OH excluding ortho intramolecular Hbond substituents is 1. The van der Waals surface area contributed by atoms with Crippen LogP contribution in [0.15, 0.2) is 25.5 Å². The van der Waals surface area contributed by atoms with Gasteiger partial charge in [-0.2, -0.15) is 0 Å². The molecule has 3 rings (SSSR count). The third-order valence-corrected chi connectivity index (χ3v) is 5.61. The molecule has 0 amide bonds. The summed E-state index contributed by atoms with van der Waals surface area (Å²) in [6, 6.07) is 3.07. The van der Waals surface area contributed by atoms with Crippen LogP contribution in [0.25, 0.3) is 11.0 Å². The Kier molecular flexibility index (Phi) is 5.55. The minimum Gasteiger partial charge on any atom is -0.506 e. The fourth-order valence-corrected chi connectivity index (χ4v) is 4.24. The Morgan fingerprint density at radius 3 is 2.26 bits per heavy atom. The zero-order valence-corrected chi connectivity index (χ0v) is 17.8. The molecule has 6 radical (unpaired) electrons. The average Bonchev–Trinajstić information content (AvgIpc) is 3.03. The molecule has 0 unspecified atom stereocenters. The molecule has 0 aliphatic carbocycles. The molecule has 27 heavy (non-hydrogen) atoms. The Balaban J connectivity index is 2.36. The van der Waals surface area contributed by atoms with E-state index < -0.39 is 0 Å². The van der Waals surface area contributed by atoms with Gasteiger partial charge in [-0.1, -0.05) is 17.8 Å². The first kappa shape index (κ1) is 20.1. The Hall–Kier alpha value is -1.60. The second-order valence-corrected chi connectivity index (χ2v) is 7.65. The summed E-state index contributed by atoms with van der Waals surface area (Å²) in [5, 5.41) is 13.2. The first-order chi connectivity index (χ1) is 12.7. The number of furan rings is 1. The molecule has 0 aliphatic heterocycles. The molecule has 1 heterocycles. The van der Waals surface area contributed by atoms with Crippen molar-refractivity contribution >= 4 is 94.2 Å². The van der Waals surface area contributed by atoms with E-state index in [1.54, 1.807) is 7.05 Å². The summed E-state index contributed by atoms with van der Waals surface area (Å²) in [6.45, 7) is 1.87. The van der Waals surface area contributed by atoms with Crippen LogP contribution in [0.1, 0.15) is 28.6 Å². The summed E-state index contributed by atoms with van der Waals surface area (Å²) in [6.07, 6.45) is 0.462. The number of benzene rings is 2. The van der Waals surface area contributed by atoms with Crippen molar-refractivity contribution in [3.8, 4) is 5.75 Å². The Labute approximate surface area is 177 Å². The van der Waals surface area contributed by atoms with Crippen LogP contribution in [0, 0.1) is 0 Å². The second-order valence-electron chi connectivity index (χ2n) is 5.94. The number of fused-ring (bicyclic) bond motifs is 1. The molecule has 130 valence electrons. The number of anilines is 1. The fraction of sp³-hybridized carbons (Fsp3) is 0.167. The monoisotopic (exact) mass is 481 g/mol. The van der Waals surface area contributed by atoms with Gasteiger partial charge in [0, 0.05) is 30.1 Å². The molecule has 9 heteroatoms. The van der Waals surface area contributed by atoms with Gasteiger partial charge in [0.05, 0.1) is 14.5 Å². The van der Waals surface area contributed by atoms with Gasteiger partial charge in [-0.25, -0.2) is 0 Å². The van der Waals surface area contributed by atoms with Crippen molar-refractivity contribution in [3.05, 3.63) is 38.0 Å². The zero-order chi connectivity index (χ0) is 20.0. The van der Waals surface area contributed by atoms with Gasteiger partial charge in [0.25, 0.3) is 0 Å². The quantitative estimate of drug-likeness (QED) is 0.441. The minimum absolute atomic E-state index is 0.00554. The normalized spacial score (nSPS) is 11.1. The van der Waals surface area contributed by atoms with Crippen LogP contribution in [0.2, 0.25) is 0 Å². The van der Waals surface area contributed by atoms with E-state index in [1.165, 1.54) is 12.1 Å². The predicted octanol–water partition coefficient (Wildman–Crippen LogP) is 1.88. The highest BCUT2D eigenvalue weighted by Crippen LogP contribution is 2.35. The number of nitrogens with one attached hydrogen (secondary N) is 1. The van der Waals surface area contributed by atoms with Gasteiger partial charge in [-0.05, 0) is 49.5 Å². The van der Waals surface area contributed by atoms with Gasteiger partial charge in [0.2, 0.25) is 0 Å². The summed E-state index contributed by atoms with van der Waals surface area (Å²) < 4.78 is 6.66. The molecule has 0 fully saturated rings. The van der Waals surface area contributed by atoms with Gasteiger partial charge in [-0.15, -0.1) is 0 Å². The first-order valence-corrected chi connectivity index (χ1v) is 9.63. The number of rotatable bonds is 4. The predicted molar refractivity (Wildman–Crippen MR) is 118 cm³/mol. The lowest BCUT2D eigenvalue weighted by atomic mass is 9.72. The maximum Gasteiger partial charge on any atom is 0.197 e. The smallest absolute Gasteiger partial charge is 0.197 e. The van der Waals surface area contributed by atoms with Gasteiger partial charge < -0.3 is 14.8 Å². The van der Waals surface area contributed by atoms with E-state index in [0.29, 0.717) is 54.4 Å². The van der Waals surface area contributed by atoms with Crippen LogP contribution in [-0.2, 0) is 6.42 Å². The number of halogens is 2. The lowest BCUT2D eigenvalue weighted by molar-refractivity contribution is 0.103. The Bertz CT molecular complexity index is 1070. The largest absolute Gasteiger partial charge is 0.506 e. The number of ketones is 1. The Morgan fingerprint density at radius 2 is 1.74 bits per heavy atom. The van der Waals surface area contributed by atoms with Crippen molar-refractivity contribution in [3.63, 3.8) is 0 Å². The molecule has 0 spiro atoms. The van der Waals surface area contributed by atoms with Crippen LogP contribution in [0.4, 0.5) is 5.69 Å². The van der Waals surface area contributed by atoms with E-state index in [9.17, 15) is 9.90 Å². The number of aromatic hydroxyl groups is 1. The van der Waals surface area contributed by atoms with Crippen molar-refractivity contribution in [2.45, 2.75) is 13.3 Å². The standard InChI is InChI=1S/C18H12B3Br2NO3/c1-3-9-10(16(25)6-4-7(22)17(26)8(23)5-6)11-12(19)13(20)15(24-2)14(21)18(11)27-9/h4-5,24,26H,3H2,1-2H3. The number of carbonyl (C=O) groups is 1. The summed E-state index contributed by atoms with van der Waals surface area (Å²) in [5.74, 6) is 0.155. The maximum absolute atomic E-state index is 13.3. The summed E-state index contributed by atoms with van der Waals surface area (Å²) in [7, 11) is 20.2. The van der Waals surface area contributed by atoms with Gasteiger partial charge >= 0.3 is 0 Å². The SMILES string of the molecule is [B]c1c(NC)c([B])c2oc(CC)c(C(=O)c3cc(Br)c(O)c(Br)c3)c2c1[B]. The molecule has 0 bridgehead atoms. The molecule has 3 aromatic rings. The van der Waals surface area contributed by atoms with Crippen LogP contribution in [0.3, 0.4) is 0 Å². The van der Waals surface area contributed by atoms with Crippen molar-refractivity contribution in [1.29, 1.82) is 0 Å². The topological polar surface area (TPSA) is 62.5 Å². The number of carbonyl (C=O) groups excluding carboxylic acids is 1.